The lowest BCUT2D eigenvalue weighted by Crippen LogP contribution is -2.17. The van der Waals surface area contributed by atoms with Crippen molar-refractivity contribution in [2.45, 2.75) is 44.3 Å². The average Bonchev–Trinajstić information content (AvgIpc) is 2.18. The minimum atomic E-state index is 0.241. The van der Waals surface area contributed by atoms with Gasteiger partial charge in [-0.2, -0.15) is 0 Å². The standard InChI is InChI=1S/C13H22N2S/c1-7-15(6)12-8-10(2)11(9-14-12)16-13(3,4)5/h8-9H,7H2,1-6H3. The molecule has 3 heteroatoms. The fourth-order valence-corrected chi connectivity index (χ4v) is 2.32. The molecule has 0 aromatic carbocycles. The molecule has 0 saturated carbocycles. The SMILES string of the molecule is CCN(C)c1cc(C)c(SC(C)(C)C)cn1. The van der Waals surface area contributed by atoms with E-state index in [-0.39, 0.29) is 4.75 Å². The van der Waals surface area contributed by atoms with Gasteiger partial charge in [0.05, 0.1) is 0 Å². The number of thioether (sulfide) groups is 1. The summed E-state index contributed by atoms with van der Waals surface area (Å²) >= 11 is 1.87. The molecule has 0 aliphatic rings. The van der Waals surface area contributed by atoms with Crippen LogP contribution < -0.4 is 4.90 Å². The van der Waals surface area contributed by atoms with E-state index in [2.05, 4.69) is 57.6 Å². The molecular weight excluding hydrogens is 216 g/mol. The first-order valence-electron chi connectivity index (χ1n) is 5.70. The third-order valence-corrected chi connectivity index (χ3v) is 3.59. The molecule has 0 radical (unpaired) electrons. The van der Waals surface area contributed by atoms with Gasteiger partial charge < -0.3 is 4.90 Å². The lowest BCUT2D eigenvalue weighted by Gasteiger charge is -2.21. The smallest absolute Gasteiger partial charge is 0.128 e. The van der Waals surface area contributed by atoms with Gasteiger partial charge in [-0.25, -0.2) is 4.98 Å². The topological polar surface area (TPSA) is 16.1 Å². The number of hydrogen-bond acceptors (Lipinski definition) is 3. The maximum atomic E-state index is 4.50. The normalized spacial score (nSPS) is 11.6. The molecule has 0 saturated heterocycles. The van der Waals surface area contributed by atoms with E-state index in [4.69, 9.17) is 0 Å². The second kappa shape index (κ2) is 5.09. The van der Waals surface area contributed by atoms with Gasteiger partial charge in [0.1, 0.15) is 5.82 Å². The first-order chi connectivity index (χ1) is 7.33. The molecule has 0 atom stereocenters. The van der Waals surface area contributed by atoms with Crippen molar-refractivity contribution < 1.29 is 0 Å². The van der Waals surface area contributed by atoms with Gasteiger partial charge in [0, 0.05) is 29.4 Å². The number of nitrogens with zero attached hydrogens (tertiary/aromatic N) is 2. The van der Waals surface area contributed by atoms with Crippen LogP contribution in [0.5, 0.6) is 0 Å². The van der Waals surface area contributed by atoms with Crippen molar-refractivity contribution in [2.24, 2.45) is 0 Å². The predicted octanol–water partition coefficient (Wildman–Crippen LogP) is 3.74. The molecule has 1 aromatic rings. The van der Waals surface area contributed by atoms with Crippen molar-refractivity contribution >= 4 is 17.6 Å². The van der Waals surface area contributed by atoms with Crippen LogP contribution in [0.15, 0.2) is 17.2 Å². The molecule has 0 aliphatic carbocycles. The molecule has 0 fully saturated rings. The Morgan fingerprint density at radius 2 is 2.00 bits per heavy atom. The molecule has 0 aliphatic heterocycles. The van der Waals surface area contributed by atoms with E-state index in [1.165, 1.54) is 10.5 Å². The largest absolute Gasteiger partial charge is 0.360 e. The van der Waals surface area contributed by atoms with Gasteiger partial charge in [0.2, 0.25) is 0 Å². The van der Waals surface area contributed by atoms with E-state index in [1.807, 2.05) is 18.0 Å². The average molecular weight is 238 g/mol. The fourth-order valence-electron chi connectivity index (χ4n) is 1.34. The van der Waals surface area contributed by atoms with Gasteiger partial charge in [0.25, 0.3) is 0 Å². The number of rotatable bonds is 3. The Morgan fingerprint density at radius 1 is 1.38 bits per heavy atom. The highest BCUT2D eigenvalue weighted by atomic mass is 32.2. The van der Waals surface area contributed by atoms with E-state index in [9.17, 15) is 0 Å². The summed E-state index contributed by atoms with van der Waals surface area (Å²) in [7, 11) is 2.07. The van der Waals surface area contributed by atoms with Gasteiger partial charge in [0.15, 0.2) is 0 Å². The Hall–Kier alpha value is -0.700. The van der Waals surface area contributed by atoms with Gasteiger partial charge in [-0.3, -0.25) is 0 Å². The van der Waals surface area contributed by atoms with Crippen molar-refractivity contribution in [1.82, 2.24) is 4.98 Å². The molecule has 0 spiro atoms. The molecule has 0 amide bonds. The van der Waals surface area contributed by atoms with Crippen LogP contribution in [-0.4, -0.2) is 23.3 Å². The predicted molar refractivity (Wildman–Crippen MR) is 73.5 cm³/mol. The summed E-state index contributed by atoms with van der Waals surface area (Å²) in [6.45, 7) is 11.9. The zero-order valence-electron chi connectivity index (χ0n) is 11.2. The highest BCUT2D eigenvalue weighted by Gasteiger charge is 2.14. The van der Waals surface area contributed by atoms with Gasteiger partial charge in [-0.05, 0) is 25.5 Å². The third-order valence-electron chi connectivity index (χ3n) is 2.33. The molecular formula is C13H22N2S. The summed E-state index contributed by atoms with van der Waals surface area (Å²) in [5.74, 6) is 1.05. The van der Waals surface area contributed by atoms with E-state index < -0.39 is 0 Å². The minimum absolute atomic E-state index is 0.241. The Labute approximate surface area is 103 Å². The van der Waals surface area contributed by atoms with Crippen molar-refractivity contribution in [3.8, 4) is 0 Å². The van der Waals surface area contributed by atoms with E-state index >= 15 is 0 Å². The zero-order valence-corrected chi connectivity index (χ0v) is 12.0. The van der Waals surface area contributed by atoms with Crippen LogP contribution in [0, 0.1) is 6.92 Å². The Bertz CT molecular complexity index is 355. The van der Waals surface area contributed by atoms with Crippen LogP contribution in [0.4, 0.5) is 5.82 Å². The van der Waals surface area contributed by atoms with E-state index in [1.54, 1.807) is 0 Å². The van der Waals surface area contributed by atoms with E-state index in [0.717, 1.165) is 12.4 Å². The summed E-state index contributed by atoms with van der Waals surface area (Å²) < 4.78 is 0.241. The summed E-state index contributed by atoms with van der Waals surface area (Å²) in [5.41, 5.74) is 1.31. The molecule has 2 nitrogen and oxygen atoms in total. The van der Waals surface area contributed by atoms with Crippen LogP contribution in [0.3, 0.4) is 0 Å². The van der Waals surface area contributed by atoms with Crippen LogP contribution >= 0.6 is 11.8 Å². The summed E-state index contributed by atoms with van der Waals surface area (Å²) in [6, 6.07) is 2.16. The summed E-state index contributed by atoms with van der Waals surface area (Å²) in [6.07, 6.45) is 1.99. The van der Waals surface area contributed by atoms with Crippen molar-refractivity contribution in [2.75, 3.05) is 18.5 Å². The highest BCUT2D eigenvalue weighted by molar-refractivity contribution is 8.00. The van der Waals surface area contributed by atoms with E-state index in [0.29, 0.717) is 0 Å². The molecule has 1 rings (SSSR count). The second-order valence-electron chi connectivity index (χ2n) is 5.04. The maximum Gasteiger partial charge on any atom is 0.128 e. The fraction of sp³-hybridized carbons (Fsp3) is 0.615. The van der Waals surface area contributed by atoms with Gasteiger partial charge in [-0.1, -0.05) is 20.8 Å². The van der Waals surface area contributed by atoms with Gasteiger partial charge >= 0.3 is 0 Å². The quantitative estimate of drug-likeness (QED) is 0.746. The first-order valence-corrected chi connectivity index (χ1v) is 6.52. The highest BCUT2D eigenvalue weighted by Crippen LogP contribution is 2.34. The van der Waals surface area contributed by atoms with Crippen LogP contribution in [0.2, 0.25) is 0 Å². The molecule has 16 heavy (non-hydrogen) atoms. The second-order valence-corrected chi connectivity index (χ2v) is 6.91. The van der Waals surface area contributed by atoms with Crippen molar-refractivity contribution in [3.05, 3.63) is 17.8 Å². The Kier molecular flexibility index (Phi) is 4.25. The van der Waals surface area contributed by atoms with Crippen molar-refractivity contribution in [1.29, 1.82) is 0 Å². The lowest BCUT2D eigenvalue weighted by molar-refractivity contribution is 0.801. The molecule has 0 bridgehead atoms. The molecule has 0 N–H and O–H groups in total. The molecule has 0 unspecified atom stereocenters. The number of anilines is 1. The number of aryl methyl sites for hydroxylation is 1. The number of hydrogen-bond donors (Lipinski definition) is 0. The number of pyridine rings is 1. The summed E-state index contributed by atoms with van der Waals surface area (Å²) in [5, 5.41) is 0. The molecule has 1 heterocycles. The minimum Gasteiger partial charge on any atom is -0.360 e. The monoisotopic (exact) mass is 238 g/mol. The Balaban J connectivity index is 2.92. The zero-order chi connectivity index (χ0) is 12.3. The van der Waals surface area contributed by atoms with Crippen LogP contribution in [0.1, 0.15) is 33.3 Å². The Morgan fingerprint density at radius 3 is 2.44 bits per heavy atom. The lowest BCUT2D eigenvalue weighted by atomic mass is 10.2. The van der Waals surface area contributed by atoms with Crippen LogP contribution in [-0.2, 0) is 0 Å². The molecule has 1 aromatic heterocycles. The maximum absolute atomic E-state index is 4.50. The first kappa shape index (κ1) is 13.4. The summed E-state index contributed by atoms with van der Waals surface area (Å²) in [4.78, 5) is 7.93. The van der Waals surface area contributed by atoms with Crippen LogP contribution in [0.25, 0.3) is 0 Å². The van der Waals surface area contributed by atoms with Gasteiger partial charge in [-0.15, -0.1) is 11.8 Å². The third kappa shape index (κ3) is 3.71. The van der Waals surface area contributed by atoms with Crippen molar-refractivity contribution in [3.63, 3.8) is 0 Å². The number of aromatic nitrogens is 1. The molecule has 90 valence electrons.